The van der Waals surface area contributed by atoms with Crippen molar-refractivity contribution in [1.82, 2.24) is 0 Å². The second kappa shape index (κ2) is 5.58. The third-order valence-electron chi connectivity index (χ3n) is 2.20. The molecule has 0 fully saturated rings. The Morgan fingerprint density at radius 1 is 1.18 bits per heavy atom. The van der Waals surface area contributed by atoms with Gasteiger partial charge in [0, 0.05) is 0 Å². The fourth-order valence-corrected chi connectivity index (χ4v) is 2.26. The molecule has 1 aromatic heterocycles. The van der Waals surface area contributed by atoms with Gasteiger partial charge in [0.15, 0.2) is 11.7 Å². The van der Waals surface area contributed by atoms with Crippen molar-refractivity contribution in [3.05, 3.63) is 21.9 Å². The molecule has 0 aromatic carbocycles. The Labute approximate surface area is 102 Å². The SMILES string of the molecule is COC(=O)C(C(=O)OC)c1ccsc1C(C)=O. The molecule has 0 amide bonds. The number of carbonyl (C=O) groups excluding carboxylic acids is 3. The lowest BCUT2D eigenvalue weighted by Gasteiger charge is -2.12. The Kier molecular flexibility index (Phi) is 4.39. The Morgan fingerprint density at radius 3 is 2.12 bits per heavy atom. The first-order chi connectivity index (χ1) is 8.02. The molecule has 1 heterocycles. The molecular formula is C11H12O5S. The number of rotatable bonds is 4. The van der Waals surface area contributed by atoms with Crippen molar-refractivity contribution < 1.29 is 23.9 Å². The maximum Gasteiger partial charge on any atom is 0.324 e. The lowest BCUT2D eigenvalue weighted by molar-refractivity contribution is -0.154. The van der Waals surface area contributed by atoms with E-state index in [4.69, 9.17) is 0 Å². The Morgan fingerprint density at radius 2 is 1.71 bits per heavy atom. The molecule has 0 saturated carbocycles. The minimum atomic E-state index is -1.20. The number of ether oxygens (including phenoxy) is 2. The first kappa shape index (κ1) is 13.4. The second-order valence-electron chi connectivity index (χ2n) is 3.24. The molecule has 0 saturated heterocycles. The molecular weight excluding hydrogens is 244 g/mol. The molecule has 5 nitrogen and oxygen atoms in total. The van der Waals surface area contributed by atoms with Gasteiger partial charge in [-0.3, -0.25) is 14.4 Å². The molecule has 0 atom stereocenters. The van der Waals surface area contributed by atoms with Crippen LogP contribution in [0.3, 0.4) is 0 Å². The van der Waals surface area contributed by atoms with Gasteiger partial charge in [-0.1, -0.05) is 0 Å². The van der Waals surface area contributed by atoms with Gasteiger partial charge >= 0.3 is 11.9 Å². The molecule has 0 bridgehead atoms. The molecule has 0 aliphatic carbocycles. The molecule has 1 aromatic rings. The summed E-state index contributed by atoms with van der Waals surface area (Å²) < 4.78 is 9.09. The number of methoxy groups -OCH3 is 2. The van der Waals surface area contributed by atoms with Crippen LogP contribution in [0.4, 0.5) is 0 Å². The average molecular weight is 256 g/mol. The Hall–Kier alpha value is -1.69. The summed E-state index contributed by atoms with van der Waals surface area (Å²) in [7, 11) is 2.36. The van der Waals surface area contributed by atoms with E-state index in [2.05, 4.69) is 9.47 Å². The van der Waals surface area contributed by atoms with Gasteiger partial charge in [-0.2, -0.15) is 0 Å². The van der Waals surface area contributed by atoms with E-state index in [1.165, 1.54) is 32.5 Å². The van der Waals surface area contributed by atoms with E-state index in [1.807, 2.05) is 0 Å². The third kappa shape index (κ3) is 2.71. The number of Topliss-reactive ketones (excluding diaryl/α,β-unsaturated/α-hetero) is 1. The molecule has 0 radical (unpaired) electrons. The highest BCUT2D eigenvalue weighted by atomic mass is 32.1. The number of carbonyl (C=O) groups is 3. The molecule has 0 spiro atoms. The van der Waals surface area contributed by atoms with E-state index in [9.17, 15) is 14.4 Å². The highest BCUT2D eigenvalue weighted by molar-refractivity contribution is 7.12. The summed E-state index contributed by atoms with van der Waals surface area (Å²) in [5, 5.41) is 1.64. The van der Waals surface area contributed by atoms with Gasteiger partial charge in [-0.15, -0.1) is 11.3 Å². The second-order valence-corrected chi connectivity index (χ2v) is 4.16. The average Bonchev–Trinajstić information content (AvgIpc) is 2.77. The molecule has 92 valence electrons. The lowest BCUT2D eigenvalue weighted by atomic mass is 9.99. The molecule has 0 unspecified atom stereocenters. The standard InChI is InChI=1S/C11H12O5S/c1-6(12)9-7(4-5-17-9)8(10(13)15-2)11(14)16-3/h4-5,8H,1-3H3. The predicted octanol–water partition coefficient (Wildman–Crippen LogP) is 1.38. The molecule has 1 rings (SSSR count). The Bertz CT molecular complexity index is 432. The van der Waals surface area contributed by atoms with Crippen LogP contribution in [0.15, 0.2) is 11.4 Å². The van der Waals surface area contributed by atoms with Crippen molar-refractivity contribution in [2.24, 2.45) is 0 Å². The highest BCUT2D eigenvalue weighted by Gasteiger charge is 2.33. The van der Waals surface area contributed by atoms with E-state index in [1.54, 1.807) is 11.4 Å². The maximum atomic E-state index is 11.6. The molecule has 17 heavy (non-hydrogen) atoms. The van der Waals surface area contributed by atoms with Crippen molar-refractivity contribution in [2.45, 2.75) is 12.8 Å². The van der Waals surface area contributed by atoms with Crippen LogP contribution in [0.2, 0.25) is 0 Å². The summed E-state index contributed by atoms with van der Waals surface area (Å²) in [4.78, 5) is 34.8. The number of ketones is 1. The van der Waals surface area contributed by atoms with Crippen LogP contribution in [0.1, 0.15) is 28.1 Å². The van der Waals surface area contributed by atoms with Gasteiger partial charge in [-0.25, -0.2) is 0 Å². The molecule has 0 aliphatic rings. The van der Waals surface area contributed by atoms with Crippen LogP contribution in [0.25, 0.3) is 0 Å². The monoisotopic (exact) mass is 256 g/mol. The summed E-state index contributed by atoms with van der Waals surface area (Å²) >= 11 is 1.18. The summed E-state index contributed by atoms with van der Waals surface area (Å²) in [5.74, 6) is -2.88. The van der Waals surface area contributed by atoms with Crippen LogP contribution in [-0.2, 0) is 19.1 Å². The number of hydrogen-bond acceptors (Lipinski definition) is 6. The van der Waals surface area contributed by atoms with Gasteiger partial charge < -0.3 is 9.47 Å². The fraction of sp³-hybridized carbons (Fsp3) is 0.364. The maximum absolute atomic E-state index is 11.6. The van der Waals surface area contributed by atoms with E-state index in [0.717, 1.165) is 0 Å². The smallest absolute Gasteiger partial charge is 0.324 e. The zero-order valence-electron chi connectivity index (χ0n) is 9.68. The van der Waals surface area contributed by atoms with Crippen LogP contribution < -0.4 is 0 Å². The normalized spacial score (nSPS) is 10.1. The summed E-state index contributed by atoms with van der Waals surface area (Å²) in [5.41, 5.74) is 0.334. The third-order valence-corrected chi connectivity index (χ3v) is 3.23. The zero-order chi connectivity index (χ0) is 13.0. The van der Waals surface area contributed by atoms with Gasteiger partial charge in [-0.05, 0) is 23.9 Å². The van der Waals surface area contributed by atoms with Crippen LogP contribution in [-0.4, -0.2) is 31.9 Å². The van der Waals surface area contributed by atoms with Crippen LogP contribution >= 0.6 is 11.3 Å². The summed E-state index contributed by atoms with van der Waals surface area (Å²) in [6.45, 7) is 1.38. The van der Waals surface area contributed by atoms with Crippen molar-refractivity contribution in [1.29, 1.82) is 0 Å². The number of thiophene rings is 1. The molecule has 0 N–H and O–H groups in total. The highest BCUT2D eigenvalue weighted by Crippen LogP contribution is 2.27. The van der Waals surface area contributed by atoms with E-state index < -0.39 is 17.9 Å². The summed E-state index contributed by atoms with van der Waals surface area (Å²) in [6, 6.07) is 1.56. The molecule has 0 aliphatic heterocycles. The lowest BCUT2D eigenvalue weighted by Crippen LogP contribution is -2.25. The first-order valence-electron chi connectivity index (χ1n) is 4.76. The quantitative estimate of drug-likeness (QED) is 0.462. The molecule has 6 heteroatoms. The van der Waals surface area contributed by atoms with E-state index >= 15 is 0 Å². The van der Waals surface area contributed by atoms with E-state index in [0.29, 0.717) is 10.4 Å². The van der Waals surface area contributed by atoms with Crippen molar-refractivity contribution in [3.8, 4) is 0 Å². The topological polar surface area (TPSA) is 69.7 Å². The van der Waals surface area contributed by atoms with Crippen molar-refractivity contribution in [3.63, 3.8) is 0 Å². The predicted molar refractivity (Wildman–Crippen MR) is 61.1 cm³/mol. The van der Waals surface area contributed by atoms with Gasteiger partial charge in [0.25, 0.3) is 0 Å². The van der Waals surface area contributed by atoms with Gasteiger partial charge in [0.1, 0.15) is 0 Å². The van der Waals surface area contributed by atoms with Gasteiger partial charge in [0.2, 0.25) is 0 Å². The minimum absolute atomic E-state index is 0.201. The minimum Gasteiger partial charge on any atom is -0.468 e. The first-order valence-corrected chi connectivity index (χ1v) is 5.64. The number of esters is 2. The van der Waals surface area contributed by atoms with Crippen molar-refractivity contribution >= 4 is 29.1 Å². The van der Waals surface area contributed by atoms with Crippen molar-refractivity contribution in [2.75, 3.05) is 14.2 Å². The fourth-order valence-electron chi connectivity index (χ4n) is 1.42. The summed E-state index contributed by atoms with van der Waals surface area (Å²) in [6.07, 6.45) is 0. The van der Waals surface area contributed by atoms with E-state index in [-0.39, 0.29) is 5.78 Å². The van der Waals surface area contributed by atoms with Crippen LogP contribution in [0, 0.1) is 0 Å². The van der Waals surface area contributed by atoms with Gasteiger partial charge in [0.05, 0.1) is 19.1 Å². The van der Waals surface area contributed by atoms with Crippen LogP contribution in [0.5, 0.6) is 0 Å². The largest absolute Gasteiger partial charge is 0.468 e. The Balaban J connectivity index is 3.22. The zero-order valence-corrected chi connectivity index (χ0v) is 10.5. The number of hydrogen-bond donors (Lipinski definition) is 0.